The molecule has 0 N–H and O–H groups in total. The SMILES string of the molecule is CC(C)n1ncc2ccccc2c1=O. The van der Waals surface area contributed by atoms with E-state index in [1.165, 1.54) is 4.68 Å². The van der Waals surface area contributed by atoms with Gasteiger partial charge in [-0.3, -0.25) is 4.79 Å². The first-order valence-corrected chi connectivity index (χ1v) is 4.66. The Hall–Kier alpha value is -1.64. The Labute approximate surface area is 82.0 Å². The van der Waals surface area contributed by atoms with Crippen LogP contribution in [0.15, 0.2) is 35.3 Å². The van der Waals surface area contributed by atoms with Gasteiger partial charge in [0.1, 0.15) is 0 Å². The van der Waals surface area contributed by atoms with Gasteiger partial charge in [-0.2, -0.15) is 5.10 Å². The lowest BCUT2D eigenvalue weighted by molar-refractivity contribution is 0.507. The average Bonchev–Trinajstić information content (AvgIpc) is 2.18. The van der Waals surface area contributed by atoms with Crippen LogP contribution >= 0.6 is 0 Å². The number of nitrogens with zero attached hydrogens (tertiary/aromatic N) is 2. The van der Waals surface area contributed by atoms with Crippen LogP contribution in [0.3, 0.4) is 0 Å². The molecule has 0 fully saturated rings. The molecule has 72 valence electrons. The summed E-state index contributed by atoms with van der Waals surface area (Å²) in [6.45, 7) is 3.90. The van der Waals surface area contributed by atoms with Gasteiger partial charge in [-0.25, -0.2) is 4.68 Å². The van der Waals surface area contributed by atoms with E-state index in [4.69, 9.17) is 0 Å². The van der Waals surface area contributed by atoms with E-state index in [0.717, 1.165) is 10.8 Å². The zero-order valence-electron chi connectivity index (χ0n) is 8.27. The summed E-state index contributed by atoms with van der Waals surface area (Å²) in [7, 11) is 0. The Morgan fingerprint density at radius 2 is 2.00 bits per heavy atom. The van der Waals surface area contributed by atoms with Gasteiger partial charge < -0.3 is 0 Å². The molecular formula is C11H12N2O. The maximum Gasteiger partial charge on any atom is 0.274 e. The third kappa shape index (κ3) is 1.31. The molecule has 0 atom stereocenters. The number of fused-ring (bicyclic) bond motifs is 1. The van der Waals surface area contributed by atoms with Crippen LogP contribution < -0.4 is 5.56 Å². The molecule has 0 saturated carbocycles. The van der Waals surface area contributed by atoms with Crippen molar-refractivity contribution in [3.63, 3.8) is 0 Å². The molecule has 3 nitrogen and oxygen atoms in total. The zero-order chi connectivity index (χ0) is 10.1. The lowest BCUT2D eigenvalue weighted by Crippen LogP contribution is -2.24. The standard InChI is InChI=1S/C11H12N2O/c1-8(2)13-11(14)10-6-4-3-5-9(10)7-12-13/h3-8H,1-2H3. The summed E-state index contributed by atoms with van der Waals surface area (Å²) in [6, 6.07) is 7.61. The van der Waals surface area contributed by atoms with Gasteiger partial charge in [0.05, 0.1) is 17.6 Å². The van der Waals surface area contributed by atoms with Gasteiger partial charge in [-0.15, -0.1) is 0 Å². The molecule has 0 bridgehead atoms. The highest BCUT2D eigenvalue weighted by Gasteiger charge is 2.05. The molecule has 3 heteroatoms. The molecule has 0 spiro atoms. The summed E-state index contributed by atoms with van der Waals surface area (Å²) in [4.78, 5) is 11.9. The van der Waals surface area contributed by atoms with Crippen molar-refractivity contribution in [1.82, 2.24) is 9.78 Å². The van der Waals surface area contributed by atoms with E-state index in [1.807, 2.05) is 38.1 Å². The van der Waals surface area contributed by atoms with E-state index in [0.29, 0.717) is 0 Å². The van der Waals surface area contributed by atoms with Crippen molar-refractivity contribution in [3.8, 4) is 0 Å². The molecule has 2 rings (SSSR count). The van der Waals surface area contributed by atoms with Gasteiger partial charge in [-0.05, 0) is 19.9 Å². The quantitative estimate of drug-likeness (QED) is 0.685. The summed E-state index contributed by atoms with van der Waals surface area (Å²) in [5.74, 6) is 0. The predicted molar refractivity (Wildman–Crippen MR) is 56.4 cm³/mol. The van der Waals surface area contributed by atoms with Crippen molar-refractivity contribution >= 4 is 10.8 Å². The van der Waals surface area contributed by atoms with Crippen molar-refractivity contribution < 1.29 is 0 Å². The second kappa shape index (κ2) is 3.25. The van der Waals surface area contributed by atoms with Gasteiger partial charge in [0.2, 0.25) is 0 Å². The van der Waals surface area contributed by atoms with Crippen LogP contribution in [0.2, 0.25) is 0 Å². The van der Waals surface area contributed by atoms with Gasteiger partial charge in [0.25, 0.3) is 5.56 Å². The molecule has 0 aliphatic heterocycles. The van der Waals surface area contributed by atoms with Crippen molar-refractivity contribution in [1.29, 1.82) is 0 Å². The number of hydrogen-bond acceptors (Lipinski definition) is 2. The summed E-state index contributed by atoms with van der Waals surface area (Å²) >= 11 is 0. The van der Waals surface area contributed by atoms with Crippen LogP contribution in [-0.2, 0) is 0 Å². The second-order valence-corrected chi connectivity index (χ2v) is 3.58. The highest BCUT2D eigenvalue weighted by Crippen LogP contribution is 2.08. The fourth-order valence-corrected chi connectivity index (χ4v) is 1.47. The molecule has 0 aliphatic rings. The van der Waals surface area contributed by atoms with E-state index in [-0.39, 0.29) is 11.6 Å². The third-order valence-electron chi connectivity index (χ3n) is 2.21. The number of hydrogen-bond donors (Lipinski definition) is 0. The first-order chi connectivity index (χ1) is 6.70. The van der Waals surface area contributed by atoms with Crippen LogP contribution in [-0.4, -0.2) is 9.78 Å². The molecule has 0 unspecified atom stereocenters. The molecular weight excluding hydrogens is 176 g/mol. The van der Waals surface area contributed by atoms with E-state index >= 15 is 0 Å². The summed E-state index contributed by atoms with van der Waals surface area (Å²) in [5.41, 5.74) is -0.0156. The first-order valence-electron chi connectivity index (χ1n) is 4.66. The van der Waals surface area contributed by atoms with E-state index in [9.17, 15) is 4.79 Å². The highest BCUT2D eigenvalue weighted by molar-refractivity contribution is 5.80. The highest BCUT2D eigenvalue weighted by atomic mass is 16.1. The Bertz CT molecular complexity index is 514. The topological polar surface area (TPSA) is 34.9 Å². The number of benzene rings is 1. The second-order valence-electron chi connectivity index (χ2n) is 3.58. The summed E-state index contributed by atoms with van der Waals surface area (Å²) in [6.07, 6.45) is 1.73. The minimum absolute atomic E-state index is 0.0156. The molecule has 0 radical (unpaired) electrons. The lowest BCUT2D eigenvalue weighted by Gasteiger charge is -2.08. The smallest absolute Gasteiger partial charge is 0.267 e. The molecule has 2 aromatic rings. The van der Waals surface area contributed by atoms with Crippen molar-refractivity contribution in [2.75, 3.05) is 0 Å². The van der Waals surface area contributed by atoms with Gasteiger partial charge in [0, 0.05) is 5.39 Å². The van der Waals surface area contributed by atoms with Crippen LogP contribution in [0.1, 0.15) is 19.9 Å². The zero-order valence-corrected chi connectivity index (χ0v) is 8.27. The maximum absolute atomic E-state index is 11.9. The van der Waals surface area contributed by atoms with Crippen molar-refractivity contribution in [2.45, 2.75) is 19.9 Å². The van der Waals surface area contributed by atoms with Crippen LogP contribution in [0.5, 0.6) is 0 Å². The molecule has 1 heterocycles. The third-order valence-corrected chi connectivity index (χ3v) is 2.21. The summed E-state index contributed by atoms with van der Waals surface area (Å²) in [5, 5.41) is 5.74. The Morgan fingerprint density at radius 1 is 1.29 bits per heavy atom. The minimum Gasteiger partial charge on any atom is -0.267 e. The lowest BCUT2D eigenvalue weighted by atomic mass is 10.2. The fraction of sp³-hybridized carbons (Fsp3) is 0.273. The molecule has 1 aromatic heterocycles. The fourth-order valence-electron chi connectivity index (χ4n) is 1.47. The Kier molecular flexibility index (Phi) is 2.08. The monoisotopic (exact) mass is 188 g/mol. The first kappa shape index (κ1) is 8.94. The largest absolute Gasteiger partial charge is 0.274 e. The van der Waals surface area contributed by atoms with Crippen LogP contribution in [0.4, 0.5) is 0 Å². The van der Waals surface area contributed by atoms with Gasteiger partial charge >= 0.3 is 0 Å². The van der Waals surface area contributed by atoms with E-state index in [2.05, 4.69) is 5.10 Å². The van der Waals surface area contributed by atoms with E-state index in [1.54, 1.807) is 6.20 Å². The molecule has 0 amide bonds. The normalized spacial score (nSPS) is 11.1. The van der Waals surface area contributed by atoms with Gasteiger partial charge in [0.15, 0.2) is 0 Å². The average molecular weight is 188 g/mol. The van der Waals surface area contributed by atoms with Gasteiger partial charge in [-0.1, -0.05) is 18.2 Å². The Balaban J connectivity index is 2.82. The number of aromatic nitrogens is 2. The number of rotatable bonds is 1. The van der Waals surface area contributed by atoms with E-state index < -0.39 is 0 Å². The molecule has 0 saturated heterocycles. The van der Waals surface area contributed by atoms with Crippen molar-refractivity contribution in [2.24, 2.45) is 0 Å². The van der Waals surface area contributed by atoms with Crippen molar-refractivity contribution in [3.05, 3.63) is 40.8 Å². The minimum atomic E-state index is -0.0156. The Morgan fingerprint density at radius 3 is 2.71 bits per heavy atom. The van der Waals surface area contributed by atoms with Crippen LogP contribution in [0, 0.1) is 0 Å². The summed E-state index contributed by atoms with van der Waals surface area (Å²) < 4.78 is 1.50. The maximum atomic E-state index is 11.9. The molecule has 0 aliphatic carbocycles. The molecule has 14 heavy (non-hydrogen) atoms. The molecule has 1 aromatic carbocycles. The van der Waals surface area contributed by atoms with Crippen LogP contribution in [0.25, 0.3) is 10.8 Å². The predicted octanol–water partition coefficient (Wildman–Crippen LogP) is 1.98.